The number of esters is 1. The third kappa shape index (κ3) is 10.0. The van der Waals surface area contributed by atoms with Gasteiger partial charge in [0.15, 0.2) is 0 Å². The van der Waals surface area contributed by atoms with Crippen LogP contribution in [0.5, 0.6) is 0 Å². The highest BCUT2D eigenvalue weighted by Crippen LogP contribution is 2.09. The smallest absolute Gasteiger partial charge is 0.429 e. The van der Waals surface area contributed by atoms with E-state index in [2.05, 4.69) is 15.5 Å². The van der Waals surface area contributed by atoms with Crippen molar-refractivity contribution in [3.8, 4) is 0 Å². The molecule has 2 N–H and O–H groups in total. The summed E-state index contributed by atoms with van der Waals surface area (Å²) in [7, 11) is 1.28. The van der Waals surface area contributed by atoms with E-state index in [1.165, 1.54) is 7.11 Å². The van der Waals surface area contributed by atoms with Crippen molar-refractivity contribution in [3.05, 3.63) is 35.9 Å². The Morgan fingerprint density at radius 1 is 1.11 bits per heavy atom. The molecule has 0 aromatic heterocycles. The molecular formula is C18H27N3O6. The van der Waals surface area contributed by atoms with Gasteiger partial charge in [-0.25, -0.2) is 20.0 Å². The highest BCUT2D eigenvalue weighted by molar-refractivity contribution is 5.74. The number of nitrogens with zero attached hydrogens (tertiary/aromatic N) is 1. The Labute approximate surface area is 158 Å². The van der Waals surface area contributed by atoms with Crippen LogP contribution < -0.4 is 10.7 Å². The number of ether oxygens (including phenoxy) is 3. The van der Waals surface area contributed by atoms with Crippen LogP contribution >= 0.6 is 0 Å². The Bertz CT molecular complexity index is 615. The number of methoxy groups -OCH3 is 1. The Morgan fingerprint density at radius 3 is 2.37 bits per heavy atom. The molecule has 0 bridgehead atoms. The van der Waals surface area contributed by atoms with E-state index < -0.39 is 23.8 Å². The van der Waals surface area contributed by atoms with Gasteiger partial charge in [0.25, 0.3) is 0 Å². The van der Waals surface area contributed by atoms with Crippen molar-refractivity contribution >= 4 is 18.2 Å². The van der Waals surface area contributed by atoms with Crippen LogP contribution in [-0.2, 0) is 25.6 Å². The fraction of sp³-hybridized carbons (Fsp3) is 0.500. The van der Waals surface area contributed by atoms with Crippen molar-refractivity contribution in [1.82, 2.24) is 15.8 Å². The highest BCUT2D eigenvalue weighted by Gasteiger charge is 2.24. The number of hydrogen-bond donors (Lipinski definition) is 2. The molecule has 2 amide bonds. The van der Waals surface area contributed by atoms with Gasteiger partial charge in [-0.3, -0.25) is 4.79 Å². The maximum Gasteiger partial charge on any atom is 0.429 e. The lowest BCUT2D eigenvalue weighted by Crippen LogP contribution is -2.51. The minimum absolute atomic E-state index is 0.0168. The first-order chi connectivity index (χ1) is 12.7. The third-order valence-corrected chi connectivity index (χ3v) is 3.06. The lowest BCUT2D eigenvalue weighted by molar-refractivity contribution is -0.139. The van der Waals surface area contributed by atoms with Gasteiger partial charge in [0.1, 0.15) is 12.2 Å². The van der Waals surface area contributed by atoms with Crippen LogP contribution in [0.4, 0.5) is 9.59 Å². The molecule has 0 atom stereocenters. The van der Waals surface area contributed by atoms with Crippen molar-refractivity contribution in [2.24, 2.45) is 0 Å². The predicted octanol–water partition coefficient (Wildman–Crippen LogP) is 1.83. The fourth-order valence-electron chi connectivity index (χ4n) is 1.83. The van der Waals surface area contributed by atoms with Crippen LogP contribution in [0.25, 0.3) is 0 Å². The summed E-state index contributed by atoms with van der Waals surface area (Å²) in [5.74, 6) is -0.436. The molecule has 0 aliphatic rings. The summed E-state index contributed by atoms with van der Waals surface area (Å²) in [6, 6.07) is 9.15. The van der Waals surface area contributed by atoms with E-state index in [1.807, 2.05) is 30.3 Å². The van der Waals surface area contributed by atoms with E-state index in [0.29, 0.717) is 0 Å². The molecule has 0 aliphatic carbocycles. The molecule has 1 aromatic rings. The second-order valence-corrected chi connectivity index (χ2v) is 6.56. The SMILES string of the molecule is COC(=O)CNCCN(NC(=O)OCc1ccccc1)C(=O)OC(C)(C)C. The molecule has 1 rings (SSSR count). The lowest BCUT2D eigenvalue weighted by atomic mass is 10.2. The normalized spacial score (nSPS) is 10.7. The zero-order valence-corrected chi connectivity index (χ0v) is 16.1. The van der Waals surface area contributed by atoms with Gasteiger partial charge in [-0.1, -0.05) is 30.3 Å². The number of hydrogen-bond acceptors (Lipinski definition) is 7. The van der Waals surface area contributed by atoms with E-state index >= 15 is 0 Å². The van der Waals surface area contributed by atoms with E-state index in [4.69, 9.17) is 9.47 Å². The van der Waals surface area contributed by atoms with Crippen molar-refractivity contribution in [3.63, 3.8) is 0 Å². The molecule has 0 unspecified atom stereocenters. The van der Waals surface area contributed by atoms with E-state index in [-0.39, 0.29) is 26.2 Å². The summed E-state index contributed by atoms with van der Waals surface area (Å²) in [5, 5.41) is 3.79. The molecule has 0 saturated heterocycles. The van der Waals surface area contributed by atoms with Crippen LogP contribution in [0.2, 0.25) is 0 Å². The van der Waals surface area contributed by atoms with Gasteiger partial charge in [0.2, 0.25) is 0 Å². The summed E-state index contributed by atoms with van der Waals surface area (Å²) in [6.45, 7) is 5.48. The van der Waals surface area contributed by atoms with Crippen molar-refractivity contribution in [1.29, 1.82) is 0 Å². The number of benzene rings is 1. The van der Waals surface area contributed by atoms with E-state index in [1.54, 1.807) is 20.8 Å². The standard InChI is InChI=1S/C18H27N3O6/c1-18(2,3)27-17(24)21(11-10-19-12-15(22)25-4)20-16(23)26-13-14-8-6-5-7-9-14/h5-9,19H,10-13H2,1-4H3,(H,20,23). The van der Waals surface area contributed by atoms with Gasteiger partial charge in [-0.15, -0.1) is 0 Å². The van der Waals surface area contributed by atoms with E-state index in [9.17, 15) is 14.4 Å². The Hall–Kier alpha value is -2.81. The van der Waals surface area contributed by atoms with E-state index in [0.717, 1.165) is 10.6 Å². The lowest BCUT2D eigenvalue weighted by Gasteiger charge is -2.27. The van der Waals surface area contributed by atoms with Crippen molar-refractivity contribution in [2.45, 2.75) is 33.0 Å². The number of carbonyl (C=O) groups excluding carboxylic acids is 3. The fourth-order valence-corrected chi connectivity index (χ4v) is 1.83. The zero-order valence-electron chi connectivity index (χ0n) is 16.1. The van der Waals surface area contributed by atoms with Gasteiger partial charge in [-0.05, 0) is 26.3 Å². The van der Waals surface area contributed by atoms with Gasteiger partial charge < -0.3 is 19.5 Å². The van der Waals surface area contributed by atoms with Gasteiger partial charge >= 0.3 is 18.2 Å². The summed E-state index contributed by atoms with van der Waals surface area (Å²) < 4.78 is 14.9. The second kappa shape index (κ2) is 11.0. The van der Waals surface area contributed by atoms with Crippen LogP contribution in [0, 0.1) is 0 Å². The Balaban J connectivity index is 2.56. The predicted molar refractivity (Wildman–Crippen MR) is 97.6 cm³/mol. The molecule has 9 heteroatoms. The Morgan fingerprint density at radius 2 is 1.78 bits per heavy atom. The number of amides is 2. The first-order valence-electron chi connectivity index (χ1n) is 8.46. The first kappa shape index (κ1) is 22.2. The molecule has 9 nitrogen and oxygen atoms in total. The topological polar surface area (TPSA) is 106 Å². The molecule has 0 saturated carbocycles. The van der Waals surface area contributed by atoms with Crippen molar-refractivity contribution < 1.29 is 28.6 Å². The zero-order chi connectivity index (χ0) is 20.3. The molecule has 0 fully saturated rings. The summed E-state index contributed by atoms with van der Waals surface area (Å²) in [5.41, 5.74) is 2.44. The third-order valence-electron chi connectivity index (χ3n) is 3.06. The van der Waals surface area contributed by atoms with Crippen LogP contribution in [0.1, 0.15) is 26.3 Å². The highest BCUT2D eigenvalue weighted by atomic mass is 16.6. The quantitative estimate of drug-likeness (QED) is 0.321. The largest absolute Gasteiger partial charge is 0.468 e. The van der Waals surface area contributed by atoms with Gasteiger partial charge in [0.05, 0.1) is 20.2 Å². The summed E-state index contributed by atoms with van der Waals surface area (Å²) in [4.78, 5) is 35.4. The minimum atomic E-state index is -0.794. The number of nitrogens with one attached hydrogen (secondary N) is 2. The average molecular weight is 381 g/mol. The molecule has 150 valence electrons. The Kier molecular flexibility index (Phi) is 9.07. The maximum absolute atomic E-state index is 12.3. The van der Waals surface area contributed by atoms with Crippen molar-refractivity contribution in [2.75, 3.05) is 26.7 Å². The molecule has 1 aromatic carbocycles. The summed E-state index contributed by atoms with van der Waals surface area (Å²) >= 11 is 0. The van der Waals surface area contributed by atoms with Gasteiger partial charge in [-0.2, -0.15) is 0 Å². The van der Waals surface area contributed by atoms with Gasteiger partial charge in [0, 0.05) is 6.54 Å². The van der Waals surface area contributed by atoms with Crippen LogP contribution in [-0.4, -0.2) is 55.5 Å². The molecule has 0 heterocycles. The second-order valence-electron chi connectivity index (χ2n) is 6.56. The molecule has 27 heavy (non-hydrogen) atoms. The first-order valence-corrected chi connectivity index (χ1v) is 8.46. The monoisotopic (exact) mass is 381 g/mol. The number of rotatable bonds is 7. The maximum atomic E-state index is 12.3. The number of hydrazine groups is 1. The molecule has 0 spiro atoms. The number of carbonyl (C=O) groups is 3. The minimum Gasteiger partial charge on any atom is -0.468 e. The molecule has 0 radical (unpaired) electrons. The molecular weight excluding hydrogens is 354 g/mol. The average Bonchev–Trinajstić information content (AvgIpc) is 2.61. The summed E-state index contributed by atoms with van der Waals surface area (Å²) in [6.07, 6.45) is -1.53. The van der Waals surface area contributed by atoms with Crippen LogP contribution in [0.15, 0.2) is 30.3 Å². The van der Waals surface area contributed by atoms with Crippen LogP contribution in [0.3, 0.4) is 0 Å². The molecule has 0 aliphatic heterocycles.